The number of hydrogen-bond donors (Lipinski definition) is 0. The fourth-order valence-corrected chi connectivity index (χ4v) is 2.47. The average Bonchev–Trinajstić information content (AvgIpc) is 2.51. The van der Waals surface area contributed by atoms with Crippen LogP contribution in [0.25, 0.3) is 0 Å². The molecular weight excluding hydrogens is 360 g/mol. The first-order valence-electron chi connectivity index (χ1n) is 8.28. The van der Waals surface area contributed by atoms with Crippen LogP contribution < -0.4 is 9.47 Å². The van der Waals surface area contributed by atoms with Gasteiger partial charge in [-0.15, -0.1) is 0 Å². The molecule has 0 amide bonds. The van der Waals surface area contributed by atoms with Gasteiger partial charge < -0.3 is 9.47 Å². The molecule has 5 heteroatoms. The summed E-state index contributed by atoms with van der Waals surface area (Å²) in [6.45, 7) is 4.16. The van der Waals surface area contributed by atoms with E-state index in [4.69, 9.17) is 9.47 Å². The first kappa shape index (κ1) is 19.7. The summed E-state index contributed by atoms with van der Waals surface area (Å²) in [5, 5.41) is 0. The highest BCUT2D eigenvalue weighted by Crippen LogP contribution is 2.35. The van der Waals surface area contributed by atoms with Gasteiger partial charge in [0.1, 0.15) is 0 Å². The Morgan fingerprint density at radius 2 is 1.48 bits per heavy atom. The van der Waals surface area contributed by atoms with E-state index >= 15 is 0 Å². The lowest BCUT2D eigenvalue weighted by Gasteiger charge is -2.12. The van der Waals surface area contributed by atoms with E-state index in [2.05, 4.69) is 29.8 Å². The largest absolute Gasteiger partial charge is 0.422 e. The molecule has 0 fully saturated rings. The molecule has 0 unspecified atom stereocenters. The highest BCUT2D eigenvalue weighted by atomic mass is 79.9. The van der Waals surface area contributed by atoms with Crippen molar-refractivity contribution >= 4 is 27.9 Å². The lowest BCUT2D eigenvalue weighted by Crippen LogP contribution is -2.12. The van der Waals surface area contributed by atoms with E-state index in [1.807, 2.05) is 0 Å². The monoisotopic (exact) mass is 384 g/mol. The van der Waals surface area contributed by atoms with Crippen LogP contribution in [0.15, 0.2) is 22.7 Å². The summed E-state index contributed by atoms with van der Waals surface area (Å²) in [4.78, 5) is 23.8. The molecule has 0 aliphatic heterocycles. The molecule has 23 heavy (non-hydrogen) atoms. The molecular formula is C18H25BrO4. The summed E-state index contributed by atoms with van der Waals surface area (Å²) in [6, 6.07) is 5.13. The number of hydrogen-bond acceptors (Lipinski definition) is 4. The van der Waals surface area contributed by atoms with Gasteiger partial charge in [0.2, 0.25) is 0 Å². The number of carbonyl (C=O) groups is 2. The first-order valence-corrected chi connectivity index (χ1v) is 9.07. The minimum atomic E-state index is -0.311. The van der Waals surface area contributed by atoms with Gasteiger partial charge in [-0.1, -0.05) is 45.6 Å². The lowest BCUT2D eigenvalue weighted by molar-refractivity contribution is -0.137. The Bertz CT molecular complexity index is 514. The summed E-state index contributed by atoms with van der Waals surface area (Å²) in [6.07, 6.45) is 6.40. The zero-order chi connectivity index (χ0) is 17.1. The van der Waals surface area contributed by atoms with E-state index in [1.54, 1.807) is 18.2 Å². The smallest absolute Gasteiger partial charge is 0.311 e. The Labute approximate surface area is 146 Å². The normalized spacial score (nSPS) is 10.4. The Balaban J connectivity index is 2.67. The number of rotatable bonds is 10. The van der Waals surface area contributed by atoms with Crippen LogP contribution in [-0.2, 0) is 9.59 Å². The van der Waals surface area contributed by atoms with Crippen LogP contribution in [0.4, 0.5) is 0 Å². The molecule has 0 atom stereocenters. The molecule has 0 N–H and O–H groups in total. The number of esters is 2. The van der Waals surface area contributed by atoms with Crippen LogP contribution in [0.1, 0.15) is 65.2 Å². The second kappa shape index (κ2) is 11.2. The highest BCUT2D eigenvalue weighted by molar-refractivity contribution is 9.10. The predicted octanol–water partition coefficient (Wildman–Crippen LogP) is 5.42. The number of carbonyl (C=O) groups excluding carboxylic acids is 2. The Morgan fingerprint density at radius 3 is 2.04 bits per heavy atom. The number of unbranched alkanes of at least 4 members (excludes halogenated alkanes) is 4. The van der Waals surface area contributed by atoms with E-state index in [1.165, 1.54) is 0 Å². The Morgan fingerprint density at radius 1 is 0.913 bits per heavy atom. The zero-order valence-corrected chi connectivity index (χ0v) is 15.5. The summed E-state index contributed by atoms with van der Waals surface area (Å²) < 4.78 is 11.3. The van der Waals surface area contributed by atoms with Crippen molar-refractivity contribution in [3.05, 3.63) is 22.7 Å². The average molecular weight is 385 g/mol. The molecule has 0 spiro atoms. The fraction of sp³-hybridized carbons (Fsp3) is 0.556. The van der Waals surface area contributed by atoms with Crippen molar-refractivity contribution in [3.8, 4) is 11.5 Å². The molecule has 0 saturated heterocycles. The standard InChI is InChI=1S/C18H25BrO4/c1-3-5-7-12-16(20)22-15-11-9-10-14(19)18(15)23-17(21)13-8-6-4-2/h9-11H,3-8,12-13H2,1-2H3. The molecule has 0 aromatic heterocycles. The fourth-order valence-electron chi connectivity index (χ4n) is 2.05. The summed E-state index contributed by atoms with van der Waals surface area (Å²) in [5.74, 6) is -0.0592. The molecule has 0 aliphatic carbocycles. The van der Waals surface area contributed by atoms with Crippen molar-refractivity contribution in [2.24, 2.45) is 0 Å². The van der Waals surface area contributed by atoms with Crippen molar-refractivity contribution in [1.82, 2.24) is 0 Å². The van der Waals surface area contributed by atoms with Crippen LogP contribution in [0, 0.1) is 0 Å². The third-order valence-corrected chi connectivity index (χ3v) is 3.96. The molecule has 0 bridgehead atoms. The van der Waals surface area contributed by atoms with Crippen LogP contribution >= 0.6 is 15.9 Å². The number of halogens is 1. The lowest BCUT2D eigenvalue weighted by atomic mass is 10.2. The Hall–Kier alpha value is -1.36. The second-order valence-corrected chi connectivity index (χ2v) is 6.28. The van der Waals surface area contributed by atoms with E-state index in [-0.39, 0.29) is 23.4 Å². The Kier molecular flexibility index (Phi) is 9.60. The van der Waals surface area contributed by atoms with Crippen molar-refractivity contribution < 1.29 is 19.1 Å². The molecule has 0 radical (unpaired) electrons. The molecule has 4 nitrogen and oxygen atoms in total. The molecule has 1 aromatic carbocycles. The van der Waals surface area contributed by atoms with Gasteiger partial charge in [-0.2, -0.15) is 0 Å². The van der Waals surface area contributed by atoms with Crippen molar-refractivity contribution in [1.29, 1.82) is 0 Å². The van der Waals surface area contributed by atoms with E-state index in [9.17, 15) is 9.59 Å². The van der Waals surface area contributed by atoms with Crippen LogP contribution in [0.2, 0.25) is 0 Å². The summed E-state index contributed by atoms with van der Waals surface area (Å²) >= 11 is 3.34. The van der Waals surface area contributed by atoms with Crippen LogP contribution in [0.3, 0.4) is 0 Å². The van der Waals surface area contributed by atoms with Crippen molar-refractivity contribution in [2.45, 2.75) is 65.2 Å². The maximum Gasteiger partial charge on any atom is 0.311 e. The molecule has 1 rings (SSSR count). The van der Waals surface area contributed by atoms with Gasteiger partial charge >= 0.3 is 11.9 Å². The minimum absolute atomic E-state index is 0.276. The van der Waals surface area contributed by atoms with Gasteiger partial charge in [0.25, 0.3) is 0 Å². The van der Waals surface area contributed by atoms with Crippen LogP contribution in [0.5, 0.6) is 11.5 Å². The second-order valence-electron chi connectivity index (χ2n) is 5.43. The van der Waals surface area contributed by atoms with Crippen molar-refractivity contribution in [2.75, 3.05) is 0 Å². The number of para-hydroxylation sites is 1. The van der Waals surface area contributed by atoms with Gasteiger partial charge in [-0.25, -0.2) is 0 Å². The maximum absolute atomic E-state index is 11.9. The van der Waals surface area contributed by atoms with E-state index in [0.717, 1.165) is 38.5 Å². The summed E-state index contributed by atoms with van der Waals surface area (Å²) in [7, 11) is 0. The minimum Gasteiger partial charge on any atom is -0.422 e. The van der Waals surface area contributed by atoms with Gasteiger partial charge in [0.15, 0.2) is 11.5 Å². The molecule has 0 heterocycles. The third kappa shape index (κ3) is 7.64. The number of ether oxygens (including phenoxy) is 2. The van der Waals surface area contributed by atoms with Gasteiger partial charge in [0, 0.05) is 12.8 Å². The first-order chi connectivity index (χ1) is 11.1. The van der Waals surface area contributed by atoms with Crippen LogP contribution in [-0.4, -0.2) is 11.9 Å². The van der Waals surface area contributed by atoms with Gasteiger partial charge in [0.05, 0.1) is 4.47 Å². The highest BCUT2D eigenvalue weighted by Gasteiger charge is 2.16. The predicted molar refractivity (Wildman–Crippen MR) is 93.7 cm³/mol. The maximum atomic E-state index is 11.9. The quantitative estimate of drug-likeness (QED) is 0.307. The van der Waals surface area contributed by atoms with Gasteiger partial charge in [-0.3, -0.25) is 9.59 Å². The summed E-state index contributed by atoms with van der Waals surface area (Å²) in [5.41, 5.74) is 0. The topological polar surface area (TPSA) is 52.6 Å². The molecule has 128 valence electrons. The van der Waals surface area contributed by atoms with E-state index < -0.39 is 0 Å². The van der Waals surface area contributed by atoms with E-state index in [0.29, 0.717) is 17.3 Å². The zero-order valence-electron chi connectivity index (χ0n) is 13.9. The van der Waals surface area contributed by atoms with Gasteiger partial charge in [-0.05, 0) is 40.9 Å². The third-order valence-electron chi connectivity index (χ3n) is 3.34. The van der Waals surface area contributed by atoms with Crippen molar-refractivity contribution in [3.63, 3.8) is 0 Å². The molecule has 0 saturated carbocycles. The molecule has 1 aromatic rings. The number of benzene rings is 1. The molecule has 0 aliphatic rings. The SMILES string of the molecule is CCCCCC(=O)Oc1cccc(Br)c1OC(=O)CCCCC.